The molecule has 4 nitrogen and oxygen atoms in total. The molecule has 1 saturated carbocycles. The number of hydrogen-bond acceptors (Lipinski definition) is 3. The molecule has 1 amide bonds. The minimum atomic E-state index is -0.606. The average Bonchev–Trinajstić information content (AvgIpc) is 3.52. The summed E-state index contributed by atoms with van der Waals surface area (Å²) >= 11 is 0. The van der Waals surface area contributed by atoms with Gasteiger partial charge in [-0.25, -0.2) is 4.39 Å². The summed E-state index contributed by atoms with van der Waals surface area (Å²) in [6.45, 7) is 5.74. The van der Waals surface area contributed by atoms with Crippen LogP contribution in [0.3, 0.4) is 0 Å². The van der Waals surface area contributed by atoms with E-state index in [2.05, 4.69) is 17.6 Å². The number of hydrogen-bond donors (Lipinski definition) is 1. The monoisotopic (exact) mass is 373 g/mol. The first-order valence-corrected chi connectivity index (χ1v) is 9.13. The molecule has 2 fully saturated rings. The van der Waals surface area contributed by atoms with Gasteiger partial charge in [-0.3, -0.25) is 9.69 Å². The molecule has 2 aliphatic rings. The lowest BCUT2D eigenvalue weighted by atomic mass is 9.73. The third-order valence-electron chi connectivity index (χ3n) is 6.15. The Bertz CT molecular complexity index is 1090. The van der Waals surface area contributed by atoms with Crippen LogP contribution in [0.25, 0.3) is 11.1 Å². The molecule has 28 heavy (non-hydrogen) atoms. The molecule has 1 spiro atoms. The summed E-state index contributed by atoms with van der Waals surface area (Å²) in [6.07, 6.45) is 1.62. The first-order valence-electron chi connectivity index (χ1n) is 9.13. The van der Waals surface area contributed by atoms with Crippen molar-refractivity contribution in [2.24, 2.45) is 5.41 Å². The lowest BCUT2D eigenvalue weighted by Gasteiger charge is -2.47. The van der Waals surface area contributed by atoms with Crippen LogP contribution in [0.5, 0.6) is 0 Å². The predicted molar refractivity (Wildman–Crippen MR) is 104 cm³/mol. The van der Waals surface area contributed by atoms with Gasteiger partial charge >= 0.3 is 0 Å². The van der Waals surface area contributed by atoms with Crippen LogP contribution in [0, 0.1) is 22.6 Å². The molecule has 1 aliphatic carbocycles. The Kier molecular flexibility index (Phi) is 3.92. The Morgan fingerprint density at radius 2 is 1.93 bits per heavy atom. The van der Waals surface area contributed by atoms with Gasteiger partial charge in [0.2, 0.25) is 5.91 Å². The fraction of sp³-hybridized carbons (Fsp3) is 0.261. The molecule has 0 radical (unpaired) electrons. The summed E-state index contributed by atoms with van der Waals surface area (Å²) in [4.78, 5) is 14.7. The van der Waals surface area contributed by atoms with E-state index in [4.69, 9.17) is 5.26 Å². The lowest BCUT2D eigenvalue weighted by molar-refractivity contribution is -0.141. The first-order chi connectivity index (χ1) is 13.4. The molecular formula is C23H20FN3O. The summed E-state index contributed by atoms with van der Waals surface area (Å²) in [5.74, 6) is 0.0949. The fourth-order valence-corrected chi connectivity index (χ4v) is 4.23. The summed E-state index contributed by atoms with van der Waals surface area (Å²) in [6, 6.07) is 14.2. The molecular weight excluding hydrogens is 353 g/mol. The predicted octanol–water partition coefficient (Wildman–Crippen LogP) is 4.05. The average molecular weight is 373 g/mol. The Balaban J connectivity index is 1.82. The van der Waals surface area contributed by atoms with Crippen molar-refractivity contribution in [1.82, 2.24) is 10.2 Å². The van der Waals surface area contributed by atoms with Gasteiger partial charge in [0, 0.05) is 7.05 Å². The summed E-state index contributed by atoms with van der Waals surface area (Å²) in [7, 11) is 1.74. The number of halogens is 1. The highest BCUT2D eigenvalue weighted by Crippen LogP contribution is 2.61. The summed E-state index contributed by atoms with van der Waals surface area (Å²) in [5, 5.41) is 12.6. The van der Waals surface area contributed by atoms with E-state index in [1.807, 2.05) is 37.3 Å². The van der Waals surface area contributed by atoms with Gasteiger partial charge in [-0.2, -0.15) is 5.26 Å². The number of nitrogens with zero attached hydrogens (tertiary/aromatic N) is 2. The number of nitriles is 1. The Labute approximate surface area is 163 Å². The highest BCUT2D eigenvalue weighted by molar-refractivity contribution is 5.90. The van der Waals surface area contributed by atoms with Gasteiger partial charge in [0.15, 0.2) is 5.82 Å². The molecule has 2 aromatic carbocycles. The van der Waals surface area contributed by atoms with Crippen molar-refractivity contribution in [2.45, 2.75) is 25.3 Å². The van der Waals surface area contributed by atoms with Crippen LogP contribution in [-0.2, 0) is 10.3 Å². The number of nitrogens with one attached hydrogen (secondary N) is 1. The van der Waals surface area contributed by atoms with E-state index < -0.39 is 16.8 Å². The van der Waals surface area contributed by atoms with Crippen molar-refractivity contribution >= 4 is 5.91 Å². The fourth-order valence-electron chi connectivity index (χ4n) is 4.23. The minimum Gasteiger partial charge on any atom is -0.354 e. The summed E-state index contributed by atoms with van der Waals surface area (Å²) < 4.78 is 13.7. The van der Waals surface area contributed by atoms with Crippen LogP contribution < -0.4 is 5.32 Å². The third kappa shape index (κ3) is 2.39. The Hall–Kier alpha value is -3.35. The molecule has 1 aliphatic heterocycles. The molecule has 1 heterocycles. The molecule has 1 N–H and O–H groups in total. The van der Waals surface area contributed by atoms with E-state index >= 15 is 0 Å². The molecule has 5 heteroatoms. The van der Waals surface area contributed by atoms with Crippen LogP contribution in [0.4, 0.5) is 4.39 Å². The van der Waals surface area contributed by atoms with Crippen LogP contribution >= 0.6 is 0 Å². The highest BCUT2D eigenvalue weighted by atomic mass is 19.1. The number of rotatable bonds is 2. The SMILES string of the molecule is C=C=C1N[C@](C)(c2cccc(-c3ccc(F)c(C#N)c3)c2)C2(CC2)C(=O)N1C. The molecule has 4 rings (SSSR count). The molecule has 1 saturated heterocycles. The second-order valence-electron chi connectivity index (χ2n) is 7.61. The van der Waals surface area contributed by atoms with Crippen molar-refractivity contribution < 1.29 is 9.18 Å². The standard InChI is InChI=1S/C23H20FN3O/c1-4-20-26-22(2,23(10-11-23)21(28)27(20)3)18-7-5-6-15(13-18)16-8-9-19(24)17(12-16)14-25/h5-9,12-13,26H,1,10-11H2,2-3H3/t22-/m1/s1. The van der Waals surface area contributed by atoms with Crippen molar-refractivity contribution in [2.75, 3.05) is 7.05 Å². The molecule has 1 atom stereocenters. The van der Waals surface area contributed by atoms with E-state index in [9.17, 15) is 9.18 Å². The molecule has 2 aromatic rings. The van der Waals surface area contributed by atoms with Crippen molar-refractivity contribution in [3.63, 3.8) is 0 Å². The van der Waals surface area contributed by atoms with E-state index in [1.54, 1.807) is 24.1 Å². The van der Waals surface area contributed by atoms with Crippen LogP contribution in [0.2, 0.25) is 0 Å². The number of amides is 1. The third-order valence-corrected chi connectivity index (χ3v) is 6.15. The maximum absolute atomic E-state index is 13.7. The van der Waals surface area contributed by atoms with Crippen molar-refractivity contribution in [3.8, 4) is 17.2 Å². The normalized spacial score (nSPS) is 22.4. The van der Waals surface area contributed by atoms with Crippen LogP contribution in [0.15, 0.2) is 60.6 Å². The van der Waals surface area contributed by atoms with Crippen molar-refractivity contribution in [1.29, 1.82) is 5.26 Å². The Morgan fingerprint density at radius 3 is 2.57 bits per heavy atom. The summed E-state index contributed by atoms with van der Waals surface area (Å²) in [5.41, 5.74) is 4.31. The van der Waals surface area contributed by atoms with Gasteiger partial charge in [-0.05, 0) is 54.7 Å². The highest BCUT2D eigenvalue weighted by Gasteiger charge is 2.66. The maximum atomic E-state index is 13.7. The van der Waals surface area contributed by atoms with Crippen LogP contribution in [-0.4, -0.2) is 17.9 Å². The quantitative estimate of drug-likeness (QED) is 0.808. The zero-order valence-corrected chi connectivity index (χ0v) is 15.8. The van der Waals surface area contributed by atoms with Crippen molar-refractivity contribution in [3.05, 3.63) is 77.5 Å². The number of carbonyl (C=O) groups excluding carboxylic acids is 1. The van der Waals surface area contributed by atoms with Gasteiger partial charge in [0.05, 0.1) is 16.5 Å². The molecule has 0 unspecified atom stereocenters. The van der Waals surface area contributed by atoms with Gasteiger partial charge in [0.1, 0.15) is 11.9 Å². The van der Waals surface area contributed by atoms with Gasteiger partial charge in [-0.1, -0.05) is 36.6 Å². The molecule has 0 bridgehead atoms. The largest absolute Gasteiger partial charge is 0.354 e. The first kappa shape index (κ1) is 18.0. The van der Waals surface area contributed by atoms with E-state index in [0.717, 1.165) is 29.5 Å². The second-order valence-corrected chi connectivity index (χ2v) is 7.61. The second kappa shape index (κ2) is 6.09. The number of benzene rings is 2. The zero-order valence-electron chi connectivity index (χ0n) is 15.8. The van der Waals surface area contributed by atoms with Gasteiger partial charge < -0.3 is 5.32 Å². The van der Waals surface area contributed by atoms with E-state index in [1.165, 1.54) is 6.07 Å². The van der Waals surface area contributed by atoms with E-state index in [0.29, 0.717) is 5.82 Å². The van der Waals surface area contributed by atoms with Gasteiger partial charge in [0.25, 0.3) is 0 Å². The lowest BCUT2D eigenvalue weighted by Crippen LogP contribution is -2.60. The van der Waals surface area contributed by atoms with E-state index in [-0.39, 0.29) is 11.5 Å². The van der Waals surface area contributed by atoms with Gasteiger partial charge in [-0.15, -0.1) is 0 Å². The number of carbonyl (C=O) groups is 1. The Morgan fingerprint density at radius 1 is 1.21 bits per heavy atom. The zero-order chi connectivity index (χ0) is 20.1. The molecule has 0 aromatic heterocycles. The topological polar surface area (TPSA) is 56.1 Å². The smallest absolute Gasteiger partial charge is 0.237 e. The maximum Gasteiger partial charge on any atom is 0.237 e. The minimum absolute atomic E-state index is 0.0113. The molecule has 140 valence electrons. The van der Waals surface area contributed by atoms with Crippen LogP contribution in [0.1, 0.15) is 30.9 Å².